The summed E-state index contributed by atoms with van der Waals surface area (Å²) in [5, 5.41) is 10.3. The summed E-state index contributed by atoms with van der Waals surface area (Å²) in [4.78, 5) is 4.31. The van der Waals surface area contributed by atoms with Crippen molar-refractivity contribution in [1.29, 1.82) is 0 Å². The molecule has 0 amide bonds. The zero-order valence-corrected chi connectivity index (χ0v) is 16.8. The predicted molar refractivity (Wildman–Crippen MR) is 110 cm³/mol. The molecule has 0 saturated carbocycles. The maximum atomic E-state index is 13.4. The molecule has 9 heteroatoms. The Balaban J connectivity index is 1.52. The van der Waals surface area contributed by atoms with Crippen LogP contribution in [-0.2, 0) is 12.7 Å². The molecule has 0 radical (unpaired) electrons. The van der Waals surface area contributed by atoms with Crippen LogP contribution in [0.3, 0.4) is 0 Å². The SMILES string of the molecule is CNc1ccc(F)cc1NCCC(C)NCc1nc2cc(C(F)(F)F)ccc2s1. The highest BCUT2D eigenvalue weighted by Crippen LogP contribution is 2.32. The van der Waals surface area contributed by atoms with Crippen LogP contribution in [0, 0.1) is 5.82 Å². The lowest BCUT2D eigenvalue weighted by Gasteiger charge is -2.15. The molecular weight excluding hydrogens is 404 g/mol. The molecule has 0 saturated heterocycles. The van der Waals surface area contributed by atoms with Gasteiger partial charge in [-0.1, -0.05) is 0 Å². The quantitative estimate of drug-likeness (QED) is 0.418. The van der Waals surface area contributed by atoms with Gasteiger partial charge in [0.25, 0.3) is 0 Å². The van der Waals surface area contributed by atoms with Gasteiger partial charge in [0.15, 0.2) is 0 Å². The minimum Gasteiger partial charge on any atom is -0.386 e. The Morgan fingerprint density at radius 3 is 2.62 bits per heavy atom. The summed E-state index contributed by atoms with van der Waals surface area (Å²) >= 11 is 1.38. The lowest BCUT2D eigenvalue weighted by molar-refractivity contribution is -0.137. The molecular formula is C20H22F4N4S. The van der Waals surface area contributed by atoms with Crippen molar-refractivity contribution in [2.45, 2.75) is 32.1 Å². The predicted octanol–water partition coefficient (Wildman–Crippen LogP) is 5.48. The summed E-state index contributed by atoms with van der Waals surface area (Å²) in [6.07, 6.45) is -3.59. The highest BCUT2D eigenvalue weighted by atomic mass is 32.1. The summed E-state index contributed by atoms with van der Waals surface area (Å²) in [6, 6.07) is 8.30. The van der Waals surface area contributed by atoms with E-state index in [1.165, 1.54) is 29.5 Å². The van der Waals surface area contributed by atoms with Crippen molar-refractivity contribution in [3.05, 3.63) is 52.8 Å². The number of fused-ring (bicyclic) bond motifs is 1. The minimum atomic E-state index is -4.37. The van der Waals surface area contributed by atoms with Gasteiger partial charge in [-0.25, -0.2) is 9.37 Å². The molecule has 1 aromatic heterocycles. The first-order valence-corrected chi connectivity index (χ1v) is 9.99. The van der Waals surface area contributed by atoms with Crippen molar-refractivity contribution in [3.8, 4) is 0 Å². The van der Waals surface area contributed by atoms with E-state index in [0.29, 0.717) is 24.3 Å². The molecule has 156 valence electrons. The molecule has 0 aliphatic heterocycles. The Labute approximate surface area is 170 Å². The third-order valence-electron chi connectivity index (χ3n) is 4.50. The molecule has 0 spiro atoms. The summed E-state index contributed by atoms with van der Waals surface area (Å²) < 4.78 is 52.6. The molecule has 0 fully saturated rings. The van der Waals surface area contributed by atoms with Crippen LogP contribution in [0.25, 0.3) is 10.2 Å². The van der Waals surface area contributed by atoms with Gasteiger partial charge in [-0.15, -0.1) is 11.3 Å². The number of anilines is 2. The highest BCUT2D eigenvalue weighted by molar-refractivity contribution is 7.18. The molecule has 4 nitrogen and oxygen atoms in total. The van der Waals surface area contributed by atoms with E-state index in [1.807, 2.05) is 6.92 Å². The average Bonchev–Trinajstić information content (AvgIpc) is 3.08. The van der Waals surface area contributed by atoms with Gasteiger partial charge in [-0.05, 0) is 49.7 Å². The summed E-state index contributed by atoms with van der Waals surface area (Å²) in [5.41, 5.74) is 1.19. The van der Waals surface area contributed by atoms with Crippen LogP contribution in [0.15, 0.2) is 36.4 Å². The van der Waals surface area contributed by atoms with Crippen LogP contribution >= 0.6 is 11.3 Å². The van der Waals surface area contributed by atoms with Gasteiger partial charge in [-0.2, -0.15) is 13.2 Å². The lowest BCUT2D eigenvalue weighted by Crippen LogP contribution is -2.27. The standard InChI is InChI=1S/C20H22F4N4S/c1-12(7-8-26-16-10-14(21)4-5-15(16)25-2)27-11-19-28-17-9-13(20(22,23)24)3-6-18(17)29-19/h3-6,9-10,12,25-27H,7-8,11H2,1-2H3. The molecule has 3 rings (SSSR count). The molecule has 3 N–H and O–H groups in total. The highest BCUT2D eigenvalue weighted by Gasteiger charge is 2.30. The van der Waals surface area contributed by atoms with Gasteiger partial charge >= 0.3 is 6.18 Å². The zero-order valence-electron chi connectivity index (χ0n) is 16.0. The molecule has 1 atom stereocenters. The van der Waals surface area contributed by atoms with Gasteiger partial charge in [0.05, 0.1) is 27.2 Å². The van der Waals surface area contributed by atoms with E-state index < -0.39 is 11.7 Å². The van der Waals surface area contributed by atoms with Crippen LogP contribution in [0.4, 0.5) is 28.9 Å². The van der Waals surface area contributed by atoms with Crippen LogP contribution in [-0.4, -0.2) is 24.6 Å². The van der Waals surface area contributed by atoms with Crippen LogP contribution in [0.5, 0.6) is 0 Å². The number of benzene rings is 2. The second kappa shape index (κ2) is 8.96. The van der Waals surface area contributed by atoms with Crippen molar-refractivity contribution in [2.24, 2.45) is 0 Å². The average molecular weight is 426 g/mol. The number of rotatable bonds is 8. The van der Waals surface area contributed by atoms with Gasteiger partial charge < -0.3 is 16.0 Å². The molecule has 0 aliphatic rings. The Bertz CT molecular complexity index is 971. The van der Waals surface area contributed by atoms with E-state index in [-0.39, 0.29) is 11.9 Å². The number of nitrogens with one attached hydrogen (secondary N) is 3. The topological polar surface area (TPSA) is 49.0 Å². The molecule has 29 heavy (non-hydrogen) atoms. The van der Waals surface area contributed by atoms with Crippen molar-refractivity contribution >= 4 is 32.9 Å². The van der Waals surface area contributed by atoms with E-state index in [4.69, 9.17) is 0 Å². The minimum absolute atomic E-state index is 0.145. The number of hydrogen-bond acceptors (Lipinski definition) is 5. The lowest BCUT2D eigenvalue weighted by atomic mass is 10.2. The third kappa shape index (κ3) is 5.57. The van der Waals surface area contributed by atoms with Crippen molar-refractivity contribution in [2.75, 3.05) is 24.2 Å². The Kier molecular flexibility index (Phi) is 6.59. The first-order valence-electron chi connectivity index (χ1n) is 9.17. The van der Waals surface area contributed by atoms with E-state index in [2.05, 4.69) is 20.9 Å². The van der Waals surface area contributed by atoms with E-state index in [0.717, 1.165) is 33.9 Å². The Hall–Kier alpha value is -2.39. The van der Waals surface area contributed by atoms with E-state index in [9.17, 15) is 17.6 Å². The monoisotopic (exact) mass is 426 g/mol. The van der Waals surface area contributed by atoms with Gasteiger partial charge in [0.1, 0.15) is 10.8 Å². The molecule has 0 aliphatic carbocycles. The fraction of sp³-hybridized carbons (Fsp3) is 0.350. The van der Waals surface area contributed by atoms with E-state index in [1.54, 1.807) is 13.1 Å². The summed E-state index contributed by atoms with van der Waals surface area (Å²) in [7, 11) is 1.78. The fourth-order valence-electron chi connectivity index (χ4n) is 2.89. The maximum absolute atomic E-state index is 13.4. The first kappa shape index (κ1) is 21.3. The molecule has 2 aromatic carbocycles. The molecule has 1 unspecified atom stereocenters. The summed E-state index contributed by atoms with van der Waals surface area (Å²) in [5.74, 6) is -0.304. The largest absolute Gasteiger partial charge is 0.416 e. The van der Waals surface area contributed by atoms with E-state index >= 15 is 0 Å². The third-order valence-corrected chi connectivity index (χ3v) is 5.54. The van der Waals surface area contributed by atoms with Crippen molar-refractivity contribution in [3.63, 3.8) is 0 Å². The van der Waals surface area contributed by atoms with Gasteiger partial charge in [0, 0.05) is 26.2 Å². The van der Waals surface area contributed by atoms with Gasteiger partial charge in [0.2, 0.25) is 0 Å². The molecule has 0 bridgehead atoms. The zero-order chi connectivity index (χ0) is 21.0. The molecule has 1 heterocycles. The number of aromatic nitrogens is 1. The Morgan fingerprint density at radius 1 is 1.10 bits per heavy atom. The number of nitrogens with zero attached hydrogens (tertiary/aromatic N) is 1. The normalized spacial score (nSPS) is 12.9. The number of thiazole rings is 1. The second-order valence-electron chi connectivity index (χ2n) is 6.73. The van der Waals surface area contributed by atoms with Crippen LogP contribution in [0.1, 0.15) is 23.9 Å². The number of hydrogen-bond donors (Lipinski definition) is 3. The number of alkyl halides is 3. The first-order chi connectivity index (χ1) is 13.8. The Morgan fingerprint density at radius 2 is 1.90 bits per heavy atom. The van der Waals surface area contributed by atoms with Crippen LogP contribution in [0.2, 0.25) is 0 Å². The van der Waals surface area contributed by atoms with Crippen LogP contribution < -0.4 is 16.0 Å². The maximum Gasteiger partial charge on any atom is 0.416 e. The molecule has 3 aromatic rings. The smallest absolute Gasteiger partial charge is 0.386 e. The van der Waals surface area contributed by atoms with Crippen molar-refractivity contribution in [1.82, 2.24) is 10.3 Å². The summed E-state index contributed by atoms with van der Waals surface area (Å²) in [6.45, 7) is 3.13. The fourth-order valence-corrected chi connectivity index (χ4v) is 3.79. The van der Waals surface area contributed by atoms with Crippen molar-refractivity contribution < 1.29 is 17.6 Å². The van der Waals surface area contributed by atoms with Gasteiger partial charge in [-0.3, -0.25) is 0 Å². The second-order valence-corrected chi connectivity index (χ2v) is 7.84. The number of halogens is 4.